The number of nitro groups is 1. The van der Waals surface area contributed by atoms with Gasteiger partial charge >= 0.3 is 0 Å². The molecule has 0 unspecified atom stereocenters. The molecular formula is C19H21N3O5. The molecule has 0 radical (unpaired) electrons. The summed E-state index contributed by atoms with van der Waals surface area (Å²) in [5.41, 5.74) is 3.60. The Bertz CT molecular complexity index is 864. The number of nitro benzene ring substituents is 1. The zero-order chi connectivity index (χ0) is 19.8. The highest BCUT2D eigenvalue weighted by Gasteiger charge is 2.14. The average Bonchev–Trinajstić information content (AvgIpc) is 2.64. The Balaban J connectivity index is 2.10. The largest absolute Gasteiger partial charge is 0.490 e. The molecule has 2 aromatic carbocycles. The van der Waals surface area contributed by atoms with E-state index < -0.39 is 10.8 Å². The highest BCUT2D eigenvalue weighted by atomic mass is 16.6. The average molecular weight is 371 g/mol. The molecule has 0 bridgehead atoms. The molecule has 0 spiro atoms. The number of amides is 1. The van der Waals surface area contributed by atoms with Crippen molar-refractivity contribution >= 4 is 17.8 Å². The van der Waals surface area contributed by atoms with E-state index >= 15 is 0 Å². The number of carbonyl (C=O) groups is 1. The lowest BCUT2D eigenvalue weighted by molar-refractivity contribution is -0.385. The number of ether oxygens (including phenoxy) is 2. The van der Waals surface area contributed by atoms with E-state index in [-0.39, 0.29) is 11.3 Å². The highest BCUT2D eigenvalue weighted by molar-refractivity contribution is 5.95. The molecule has 0 aliphatic rings. The van der Waals surface area contributed by atoms with Crippen LogP contribution >= 0.6 is 0 Å². The van der Waals surface area contributed by atoms with Gasteiger partial charge in [0.15, 0.2) is 11.5 Å². The molecule has 0 saturated heterocycles. The minimum atomic E-state index is -0.537. The number of nitrogens with zero attached hydrogens (tertiary/aromatic N) is 2. The lowest BCUT2D eigenvalue weighted by Crippen LogP contribution is -2.17. The van der Waals surface area contributed by atoms with Crippen molar-refractivity contribution in [2.24, 2.45) is 5.10 Å². The molecule has 0 atom stereocenters. The molecule has 0 heterocycles. The van der Waals surface area contributed by atoms with Gasteiger partial charge in [0.25, 0.3) is 11.6 Å². The predicted octanol–water partition coefficient (Wildman–Crippen LogP) is 3.46. The standard InChI is InChI=1S/C19H21N3O5/c1-4-26-17-9-7-14(10-18(17)27-5-2)12-20-21-19(23)15-8-6-13(3)16(11-15)22(24)25/h6-12H,4-5H2,1-3H3,(H,21,23)/b20-12-. The fraction of sp³-hybridized carbons (Fsp3) is 0.263. The summed E-state index contributed by atoms with van der Waals surface area (Å²) in [5, 5.41) is 14.9. The van der Waals surface area contributed by atoms with Gasteiger partial charge in [0.2, 0.25) is 0 Å². The third-order valence-corrected chi connectivity index (χ3v) is 3.62. The van der Waals surface area contributed by atoms with Gasteiger partial charge in [0.1, 0.15) is 0 Å². The molecule has 8 nitrogen and oxygen atoms in total. The lowest BCUT2D eigenvalue weighted by atomic mass is 10.1. The summed E-state index contributed by atoms with van der Waals surface area (Å²) < 4.78 is 11.0. The van der Waals surface area contributed by atoms with Gasteiger partial charge in [0.05, 0.1) is 24.4 Å². The van der Waals surface area contributed by atoms with Gasteiger partial charge in [-0.15, -0.1) is 0 Å². The molecule has 8 heteroatoms. The lowest BCUT2D eigenvalue weighted by Gasteiger charge is -2.11. The molecule has 0 fully saturated rings. The Hall–Kier alpha value is -3.42. The van der Waals surface area contributed by atoms with Crippen molar-refractivity contribution in [3.05, 3.63) is 63.2 Å². The Kier molecular flexibility index (Phi) is 6.87. The second-order valence-corrected chi connectivity index (χ2v) is 5.53. The van der Waals surface area contributed by atoms with Crippen LogP contribution in [-0.4, -0.2) is 30.3 Å². The zero-order valence-corrected chi connectivity index (χ0v) is 15.4. The summed E-state index contributed by atoms with van der Waals surface area (Å²) in [7, 11) is 0. The van der Waals surface area contributed by atoms with E-state index in [1.54, 1.807) is 25.1 Å². The summed E-state index contributed by atoms with van der Waals surface area (Å²) >= 11 is 0. The summed E-state index contributed by atoms with van der Waals surface area (Å²) in [4.78, 5) is 22.6. The van der Waals surface area contributed by atoms with Gasteiger partial charge in [-0.1, -0.05) is 6.07 Å². The maximum atomic E-state index is 12.1. The Morgan fingerprint density at radius 3 is 2.52 bits per heavy atom. The van der Waals surface area contributed by atoms with E-state index in [1.807, 2.05) is 13.8 Å². The van der Waals surface area contributed by atoms with E-state index in [0.717, 1.165) is 0 Å². The van der Waals surface area contributed by atoms with Crippen LogP contribution < -0.4 is 14.9 Å². The number of hydrazone groups is 1. The Morgan fingerprint density at radius 1 is 1.15 bits per heavy atom. The third-order valence-electron chi connectivity index (χ3n) is 3.62. The van der Waals surface area contributed by atoms with Crippen molar-refractivity contribution in [1.29, 1.82) is 0 Å². The van der Waals surface area contributed by atoms with E-state index in [9.17, 15) is 14.9 Å². The van der Waals surface area contributed by atoms with Crippen LogP contribution in [-0.2, 0) is 0 Å². The van der Waals surface area contributed by atoms with Gasteiger partial charge < -0.3 is 9.47 Å². The van der Waals surface area contributed by atoms with Gasteiger partial charge in [-0.3, -0.25) is 14.9 Å². The van der Waals surface area contributed by atoms with Crippen LogP contribution in [0.1, 0.15) is 35.3 Å². The van der Waals surface area contributed by atoms with E-state index in [4.69, 9.17) is 9.47 Å². The number of carbonyl (C=O) groups excluding carboxylic acids is 1. The van der Waals surface area contributed by atoms with Gasteiger partial charge in [-0.25, -0.2) is 5.43 Å². The molecule has 0 aliphatic carbocycles. The molecule has 0 aromatic heterocycles. The van der Waals surface area contributed by atoms with Crippen molar-refractivity contribution in [2.45, 2.75) is 20.8 Å². The molecule has 1 amide bonds. The number of rotatable bonds is 8. The molecular weight excluding hydrogens is 350 g/mol. The van der Waals surface area contributed by atoms with E-state index in [2.05, 4.69) is 10.5 Å². The fourth-order valence-electron chi connectivity index (χ4n) is 2.33. The Morgan fingerprint density at radius 2 is 1.85 bits per heavy atom. The molecule has 2 aromatic rings. The molecule has 0 aliphatic heterocycles. The first kappa shape index (κ1) is 19.9. The SMILES string of the molecule is CCOc1ccc(/C=N\NC(=O)c2ccc(C)c([N+](=O)[O-])c2)cc1OCC. The fourth-order valence-corrected chi connectivity index (χ4v) is 2.33. The van der Waals surface area contributed by atoms with Crippen molar-refractivity contribution < 1.29 is 19.2 Å². The minimum Gasteiger partial charge on any atom is -0.490 e. The van der Waals surface area contributed by atoms with Gasteiger partial charge in [0, 0.05) is 17.2 Å². The van der Waals surface area contributed by atoms with Crippen LogP contribution in [0.5, 0.6) is 11.5 Å². The molecule has 27 heavy (non-hydrogen) atoms. The zero-order valence-electron chi connectivity index (χ0n) is 15.4. The minimum absolute atomic E-state index is 0.112. The first-order chi connectivity index (χ1) is 13.0. The topological polar surface area (TPSA) is 103 Å². The second-order valence-electron chi connectivity index (χ2n) is 5.53. The first-order valence-corrected chi connectivity index (χ1v) is 8.44. The number of hydrogen-bond acceptors (Lipinski definition) is 6. The van der Waals surface area contributed by atoms with Crippen molar-refractivity contribution in [1.82, 2.24) is 5.43 Å². The van der Waals surface area contributed by atoms with E-state index in [1.165, 1.54) is 24.4 Å². The molecule has 2 rings (SSSR count). The predicted molar refractivity (Wildman–Crippen MR) is 102 cm³/mol. The molecule has 1 N–H and O–H groups in total. The number of hydrogen-bond donors (Lipinski definition) is 1. The Labute approximate surface area is 157 Å². The van der Waals surface area contributed by atoms with Crippen molar-refractivity contribution in [3.8, 4) is 11.5 Å². The van der Waals surface area contributed by atoms with Crippen LogP contribution in [0.2, 0.25) is 0 Å². The van der Waals surface area contributed by atoms with Crippen LogP contribution in [0.4, 0.5) is 5.69 Å². The normalized spacial score (nSPS) is 10.6. The quantitative estimate of drug-likeness (QED) is 0.435. The number of benzene rings is 2. The molecule has 142 valence electrons. The summed E-state index contributed by atoms with van der Waals surface area (Å²) in [6.07, 6.45) is 1.46. The van der Waals surface area contributed by atoms with Crippen molar-refractivity contribution in [3.63, 3.8) is 0 Å². The van der Waals surface area contributed by atoms with Gasteiger partial charge in [-0.05, 0) is 50.6 Å². The van der Waals surface area contributed by atoms with Crippen LogP contribution in [0.3, 0.4) is 0 Å². The third kappa shape index (κ3) is 5.27. The van der Waals surface area contributed by atoms with E-state index in [0.29, 0.717) is 35.8 Å². The molecule has 0 saturated carbocycles. The number of aryl methyl sites for hydroxylation is 1. The smallest absolute Gasteiger partial charge is 0.273 e. The van der Waals surface area contributed by atoms with Crippen LogP contribution in [0.25, 0.3) is 0 Å². The summed E-state index contributed by atoms with van der Waals surface area (Å²) in [6, 6.07) is 9.56. The maximum absolute atomic E-state index is 12.1. The highest BCUT2D eigenvalue weighted by Crippen LogP contribution is 2.28. The van der Waals surface area contributed by atoms with Gasteiger partial charge in [-0.2, -0.15) is 5.10 Å². The maximum Gasteiger partial charge on any atom is 0.273 e. The second kappa shape index (κ2) is 9.33. The van der Waals surface area contributed by atoms with Crippen molar-refractivity contribution in [2.75, 3.05) is 13.2 Å². The summed E-state index contributed by atoms with van der Waals surface area (Å²) in [5.74, 6) is 0.682. The van der Waals surface area contributed by atoms with Crippen LogP contribution in [0, 0.1) is 17.0 Å². The summed E-state index contributed by atoms with van der Waals surface area (Å²) in [6.45, 7) is 6.38. The number of nitrogens with one attached hydrogen (secondary N) is 1. The monoisotopic (exact) mass is 371 g/mol. The first-order valence-electron chi connectivity index (χ1n) is 8.44. The van der Waals surface area contributed by atoms with Crippen LogP contribution in [0.15, 0.2) is 41.5 Å².